The fourth-order valence-corrected chi connectivity index (χ4v) is 4.58. The summed E-state index contributed by atoms with van der Waals surface area (Å²) in [6, 6.07) is 7.90. The van der Waals surface area contributed by atoms with E-state index in [4.69, 9.17) is 28.0 Å². The molecule has 192 valence electrons. The van der Waals surface area contributed by atoms with E-state index in [0.717, 1.165) is 17.0 Å². The molecule has 2 amide bonds. The fraction of sp³-hybridized carbons (Fsp3) is 0.208. The quantitative estimate of drug-likeness (QED) is 0.329. The monoisotopic (exact) mass is 614 g/mol. The van der Waals surface area contributed by atoms with Crippen molar-refractivity contribution < 1.29 is 27.6 Å². The largest absolute Gasteiger partial charge is 0.435 e. The molecule has 2 heterocycles. The van der Waals surface area contributed by atoms with Gasteiger partial charge in [0.2, 0.25) is 11.9 Å². The molecule has 0 aliphatic carbocycles. The molecule has 1 aliphatic heterocycles. The molecule has 37 heavy (non-hydrogen) atoms. The smallest absolute Gasteiger partial charge is 0.374 e. The number of imide groups is 1. The number of carbonyl (C=O) groups is 2. The highest BCUT2D eigenvalue weighted by Crippen LogP contribution is 2.49. The number of aromatic nitrogens is 2. The van der Waals surface area contributed by atoms with Crippen LogP contribution in [0.1, 0.15) is 40.4 Å². The van der Waals surface area contributed by atoms with Crippen molar-refractivity contribution in [3.05, 3.63) is 85.6 Å². The van der Waals surface area contributed by atoms with Gasteiger partial charge in [-0.2, -0.15) is 13.2 Å². The van der Waals surface area contributed by atoms with Gasteiger partial charge in [0, 0.05) is 46.9 Å². The molecule has 13 heteroatoms. The number of rotatable bonds is 4. The van der Waals surface area contributed by atoms with Crippen molar-refractivity contribution in [2.75, 3.05) is 4.90 Å². The van der Waals surface area contributed by atoms with E-state index >= 15 is 0 Å². The third-order valence-corrected chi connectivity index (χ3v) is 6.48. The van der Waals surface area contributed by atoms with Gasteiger partial charge in [-0.1, -0.05) is 34.4 Å². The van der Waals surface area contributed by atoms with Gasteiger partial charge >= 0.3 is 6.18 Å². The third-order valence-electron chi connectivity index (χ3n) is 5.63. The number of carbonyl (C=O) groups excluding carboxylic acids is 2. The molecule has 1 unspecified atom stereocenters. The summed E-state index contributed by atoms with van der Waals surface area (Å²) in [6.45, 7) is 2.78. The highest BCUT2D eigenvalue weighted by Gasteiger charge is 2.62. The van der Waals surface area contributed by atoms with Gasteiger partial charge in [-0.25, -0.2) is 14.9 Å². The number of amides is 2. The van der Waals surface area contributed by atoms with E-state index in [0.29, 0.717) is 15.6 Å². The van der Waals surface area contributed by atoms with E-state index < -0.39 is 30.0 Å². The van der Waals surface area contributed by atoms with Gasteiger partial charge in [-0.15, -0.1) is 0 Å². The Bertz CT molecular complexity index is 1410. The summed E-state index contributed by atoms with van der Waals surface area (Å²) in [7, 11) is 0. The zero-order valence-corrected chi connectivity index (χ0v) is 22.2. The first-order chi connectivity index (χ1) is 17.3. The summed E-state index contributed by atoms with van der Waals surface area (Å²) in [6.07, 6.45) is -2.71. The Morgan fingerprint density at radius 1 is 1.08 bits per heavy atom. The number of anilines is 1. The molecular weight excluding hydrogens is 600 g/mol. The van der Waals surface area contributed by atoms with Crippen LogP contribution in [0, 0.1) is 6.92 Å². The second-order valence-corrected chi connectivity index (χ2v) is 9.97. The molecular formula is C24H16BrCl2F3N4O3. The molecule has 0 saturated carbocycles. The predicted molar refractivity (Wildman–Crippen MR) is 135 cm³/mol. The van der Waals surface area contributed by atoms with Gasteiger partial charge in [0.15, 0.2) is 0 Å². The van der Waals surface area contributed by atoms with Gasteiger partial charge in [-0.3, -0.25) is 9.59 Å². The number of oxime groups is 1. The average Bonchev–Trinajstić information content (AvgIpc) is 3.27. The number of nitrogens with zero attached hydrogens (tertiary/aromatic N) is 4. The van der Waals surface area contributed by atoms with Crippen LogP contribution in [0.2, 0.25) is 10.0 Å². The molecule has 0 radical (unpaired) electrons. The summed E-state index contributed by atoms with van der Waals surface area (Å²) < 4.78 is 43.4. The molecule has 0 bridgehead atoms. The van der Waals surface area contributed by atoms with E-state index in [1.165, 1.54) is 43.6 Å². The number of hydrogen-bond donors (Lipinski definition) is 0. The van der Waals surface area contributed by atoms with Crippen LogP contribution >= 0.6 is 39.1 Å². The van der Waals surface area contributed by atoms with E-state index in [1.54, 1.807) is 6.92 Å². The van der Waals surface area contributed by atoms with E-state index in [1.807, 2.05) is 0 Å². The molecule has 1 aliphatic rings. The van der Waals surface area contributed by atoms with Crippen LogP contribution in [0.25, 0.3) is 0 Å². The van der Waals surface area contributed by atoms with Crippen LogP contribution in [0.4, 0.5) is 19.1 Å². The Hall–Kier alpha value is -3.02. The average molecular weight is 616 g/mol. The molecule has 7 nitrogen and oxygen atoms in total. The molecule has 1 aromatic heterocycles. The fourth-order valence-electron chi connectivity index (χ4n) is 3.84. The molecule has 2 aromatic carbocycles. The van der Waals surface area contributed by atoms with E-state index in [9.17, 15) is 22.8 Å². The molecule has 0 N–H and O–H groups in total. The van der Waals surface area contributed by atoms with Gasteiger partial charge in [0.25, 0.3) is 11.5 Å². The van der Waals surface area contributed by atoms with Crippen molar-refractivity contribution in [3.8, 4) is 0 Å². The van der Waals surface area contributed by atoms with Gasteiger partial charge in [0.1, 0.15) is 0 Å². The molecule has 4 rings (SSSR count). The predicted octanol–water partition coefficient (Wildman–Crippen LogP) is 6.63. The lowest BCUT2D eigenvalue weighted by Crippen LogP contribution is -2.42. The molecule has 0 spiro atoms. The lowest BCUT2D eigenvalue weighted by atomic mass is 9.86. The second kappa shape index (κ2) is 10.0. The number of hydrogen-bond acceptors (Lipinski definition) is 6. The van der Waals surface area contributed by atoms with Crippen LogP contribution in [0.5, 0.6) is 0 Å². The summed E-state index contributed by atoms with van der Waals surface area (Å²) in [4.78, 5) is 39.3. The lowest BCUT2D eigenvalue weighted by molar-refractivity contribution is -0.275. The SMILES string of the molecule is CC(=O)N(C(=O)c1ccc(C2=NOC(c3cc(Cl)cc(Cl)c3)(C(F)(F)F)C2)cc1C)c1ncc(Br)cn1. The van der Waals surface area contributed by atoms with Crippen LogP contribution in [0.3, 0.4) is 0 Å². The highest BCUT2D eigenvalue weighted by atomic mass is 79.9. The van der Waals surface area contributed by atoms with Gasteiger partial charge in [-0.05, 0) is 64.3 Å². The molecule has 0 fully saturated rings. The van der Waals surface area contributed by atoms with Crippen LogP contribution < -0.4 is 4.90 Å². The Kier molecular flexibility index (Phi) is 7.33. The number of halogens is 6. The number of aryl methyl sites for hydroxylation is 1. The minimum Gasteiger partial charge on any atom is -0.374 e. The number of benzene rings is 2. The first kappa shape index (κ1) is 27.0. The van der Waals surface area contributed by atoms with Gasteiger partial charge in [0.05, 0.1) is 10.2 Å². The summed E-state index contributed by atoms with van der Waals surface area (Å²) in [5.74, 6) is -1.42. The summed E-state index contributed by atoms with van der Waals surface area (Å²) >= 11 is 15.1. The summed E-state index contributed by atoms with van der Waals surface area (Å²) in [5.41, 5.74) is -2.23. The second-order valence-electron chi connectivity index (χ2n) is 8.18. The minimum atomic E-state index is -4.84. The van der Waals surface area contributed by atoms with Crippen molar-refractivity contribution >= 4 is 62.6 Å². The lowest BCUT2D eigenvalue weighted by Gasteiger charge is -2.29. The first-order valence-corrected chi connectivity index (χ1v) is 12.1. The Morgan fingerprint density at radius 3 is 2.24 bits per heavy atom. The first-order valence-electron chi connectivity index (χ1n) is 10.5. The highest BCUT2D eigenvalue weighted by molar-refractivity contribution is 9.10. The van der Waals surface area contributed by atoms with Crippen LogP contribution in [-0.4, -0.2) is 33.7 Å². The van der Waals surface area contributed by atoms with Crippen molar-refractivity contribution in [3.63, 3.8) is 0 Å². The maximum atomic E-state index is 14.3. The van der Waals surface area contributed by atoms with E-state index in [-0.39, 0.29) is 32.8 Å². The van der Waals surface area contributed by atoms with Crippen molar-refractivity contribution in [2.45, 2.75) is 32.0 Å². The zero-order valence-electron chi connectivity index (χ0n) is 19.1. The topological polar surface area (TPSA) is 84.8 Å². The molecule has 1 atom stereocenters. The molecule has 0 saturated heterocycles. The Morgan fingerprint density at radius 2 is 1.70 bits per heavy atom. The zero-order chi connectivity index (χ0) is 27.1. The Balaban J connectivity index is 1.66. The van der Waals surface area contributed by atoms with Crippen molar-refractivity contribution in [1.29, 1.82) is 0 Å². The van der Waals surface area contributed by atoms with Crippen LogP contribution in [-0.2, 0) is 15.2 Å². The third kappa shape index (κ3) is 5.21. The van der Waals surface area contributed by atoms with E-state index in [2.05, 4.69) is 31.1 Å². The van der Waals surface area contributed by atoms with Crippen LogP contribution in [0.15, 0.2) is 58.4 Å². The summed E-state index contributed by atoms with van der Waals surface area (Å²) in [5, 5.41) is 3.77. The minimum absolute atomic E-state index is 0.00943. The van der Waals surface area contributed by atoms with Gasteiger partial charge < -0.3 is 4.84 Å². The van der Waals surface area contributed by atoms with Crippen molar-refractivity contribution in [1.82, 2.24) is 9.97 Å². The molecule has 3 aromatic rings. The number of alkyl halides is 3. The standard InChI is InChI=1S/C24H16BrCl2F3N4O3/c1-12-5-14(3-4-19(12)21(36)34(13(2)35)22-31-10-16(25)11-32-22)20-9-23(37-33-20,24(28,29)30)15-6-17(26)8-18(27)7-15/h3-8,10-11H,9H2,1-2H3. The Labute approximate surface area is 227 Å². The normalized spacial score (nSPS) is 17.2. The maximum absolute atomic E-state index is 14.3. The maximum Gasteiger partial charge on any atom is 0.435 e. The van der Waals surface area contributed by atoms with Crippen molar-refractivity contribution in [2.24, 2.45) is 5.16 Å².